The number of aromatic hydroxyl groups is 1. The van der Waals surface area contributed by atoms with Gasteiger partial charge in [-0.15, -0.1) is 0 Å². The van der Waals surface area contributed by atoms with Crippen molar-refractivity contribution in [2.75, 3.05) is 19.6 Å². The number of guanidine groups is 1. The number of carbonyl (C=O) groups excluding carboxylic acids is 14. The van der Waals surface area contributed by atoms with E-state index in [1.807, 2.05) is 30.3 Å². The first-order valence-electron chi connectivity index (χ1n) is 33.7. The molecule has 13 atom stereocenters. The van der Waals surface area contributed by atoms with E-state index in [-0.39, 0.29) is 69.7 Å². The summed E-state index contributed by atoms with van der Waals surface area (Å²) in [5.41, 5.74) is 34.9. The topological polar surface area (TPSA) is 571 Å². The van der Waals surface area contributed by atoms with Crippen molar-refractivity contribution >= 4 is 88.7 Å². The van der Waals surface area contributed by atoms with Crippen LogP contribution in [0.5, 0.6) is 5.75 Å². The highest BCUT2D eigenvalue weighted by molar-refractivity contribution is 6.00. The van der Waals surface area contributed by atoms with Gasteiger partial charge < -0.3 is 103 Å². The lowest BCUT2D eigenvalue weighted by Crippen LogP contribution is -2.62. The number of phenols is 1. The van der Waals surface area contributed by atoms with E-state index in [1.165, 1.54) is 43.0 Å². The van der Waals surface area contributed by atoms with Crippen LogP contribution < -0.4 is 87.6 Å². The van der Waals surface area contributed by atoms with Crippen LogP contribution in [-0.4, -0.2) is 196 Å². The number of benzene rings is 3. The molecule has 558 valence electrons. The van der Waals surface area contributed by atoms with Crippen molar-refractivity contribution in [1.82, 2.24) is 58.1 Å². The molecule has 3 aromatic rings. The maximum absolute atomic E-state index is 14.6. The largest absolute Gasteiger partial charge is 0.508 e. The third-order valence-corrected chi connectivity index (χ3v) is 16.9. The normalized spacial score (nSPS) is 16.1. The summed E-state index contributed by atoms with van der Waals surface area (Å²) in [6.07, 6.45) is -2.49. The lowest BCUT2D eigenvalue weighted by atomic mass is 9.96. The summed E-state index contributed by atoms with van der Waals surface area (Å²) in [5, 5.41) is 46.4. The van der Waals surface area contributed by atoms with Gasteiger partial charge in [-0.1, -0.05) is 107 Å². The van der Waals surface area contributed by atoms with Crippen molar-refractivity contribution in [3.63, 3.8) is 0 Å². The average Bonchev–Trinajstić information content (AvgIpc) is 1.60. The van der Waals surface area contributed by atoms with Crippen LogP contribution in [0.4, 0.5) is 0 Å². The van der Waals surface area contributed by atoms with Gasteiger partial charge in [0, 0.05) is 38.8 Å². The lowest BCUT2D eigenvalue weighted by Gasteiger charge is -2.33. The van der Waals surface area contributed by atoms with Gasteiger partial charge in [-0.3, -0.25) is 72.1 Å². The molecular weight excluding hydrogens is 1320 g/mol. The fourth-order valence-electron chi connectivity index (χ4n) is 10.9. The van der Waals surface area contributed by atoms with Gasteiger partial charge >= 0.3 is 0 Å². The molecule has 3 aromatic carbocycles. The Labute approximate surface area is 591 Å². The number of aliphatic hydroxyl groups excluding tert-OH is 1. The Bertz CT molecular complexity index is 3410. The van der Waals surface area contributed by atoms with Crippen molar-refractivity contribution in [3.05, 3.63) is 102 Å². The molecule has 0 aromatic heterocycles. The van der Waals surface area contributed by atoms with Gasteiger partial charge in [0.25, 0.3) is 0 Å². The number of primary amides is 3. The smallest absolute Gasteiger partial charge is 0.246 e. The fraction of sp³-hybridized carbons (Fsp3) is 0.515. The van der Waals surface area contributed by atoms with E-state index in [9.17, 15) is 77.3 Å². The van der Waals surface area contributed by atoms with Gasteiger partial charge in [-0.25, -0.2) is 0 Å². The van der Waals surface area contributed by atoms with E-state index in [1.54, 1.807) is 58.0 Å². The van der Waals surface area contributed by atoms with Crippen LogP contribution in [0.15, 0.2) is 89.9 Å². The number of rotatable bonds is 42. The molecule has 0 unspecified atom stereocenters. The molecule has 34 heteroatoms. The molecule has 102 heavy (non-hydrogen) atoms. The second kappa shape index (κ2) is 41.7. The maximum atomic E-state index is 14.6. The Kier molecular flexibility index (Phi) is 34.2. The van der Waals surface area contributed by atoms with Crippen LogP contribution in [0.1, 0.15) is 116 Å². The minimum atomic E-state index is -1.85. The monoisotopic (exact) mass is 1420 g/mol. The Morgan fingerprint density at radius 3 is 1.55 bits per heavy atom. The molecule has 0 radical (unpaired) electrons. The minimum absolute atomic E-state index is 0.0191. The van der Waals surface area contributed by atoms with E-state index in [2.05, 4.69) is 58.2 Å². The Morgan fingerprint density at radius 2 is 1.02 bits per heavy atom. The first kappa shape index (κ1) is 83.6. The zero-order valence-corrected chi connectivity index (χ0v) is 58.2. The number of hydrogen-bond acceptors (Lipinski definition) is 18. The molecule has 1 saturated heterocycles. The van der Waals surface area contributed by atoms with Gasteiger partial charge in [0.1, 0.15) is 66.2 Å². The quantitative estimate of drug-likeness (QED) is 0.0144. The molecule has 0 aliphatic carbocycles. The number of hydrogen-bond donors (Lipinski definition) is 18. The maximum Gasteiger partial charge on any atom is 0.246 e. The van der Waals surface area contributed by atoms with Crippen molar-refractivity contribution in [3.8, 4) is 5.75 Å². The predicted octanol–water partition coefficient (Wildman–Crippen LogP) is -4.61. The van der Waals surface area contributed by atoms with Crippen molar-refractivity contribution in [1.29, 1.82) is 0 Å². The Balaban J connectivity index is 1.51. The molecular formula is C68H100N18O16. The van der Waals surface area contributed by atoms with Crippen LogP contribution in [-0.2, 0) is 86.4 Å². The summed E-state index contributed by atoms with van der Waals surface area (Å²) < 4.78 is 0. The third kappa shape index (κ3) is 28.1. The first-order valence-corrected chi connectivity index (χ1v) is 33.7. The molecule has 1 aliphatic rings. The summed E-state index contributed by atoms with van der Waals surface area (Å²) in [6, 6.07) is 7.80. The average molecular weight is 1430 g/mol. The van der Waals surface area contributed by atoms with Crippen LogP contribution in [0.2, 0.25) is 0 Å². The summed E-state index contributed by atoms with van der Waals surface area (Å²) in [5.74, 6) is -13.8. The van der Waals surface area contributed by atoms with E-state index in [0.717, 1.165) is 5.56 Å². The molecule has 14 amide bonds. The number of likely N-dealkylation sites (tertiary alicyclic amines) is 1. The molecule has 24 N–H and O–H groups in total. The minimum Gasteiger partial charge on any atom is -0.508 e. The van der Waals surface area contributed by atoms with E-state index in [4.69, 9.17) is 34.4 Å². The van der Waals surface area contributed by atoms with Crippen molar-refractivity contribution in [2.24, 2.45) is 51.2 Å². The van der Waals surface area contributed by atoms with Crippen LogP contribution in [0.25, 0.3) is 0 Å². The first-order chi connectivity index (χ1) is 48.2. The van der Waals surface area contributed by atoms with Crippen LogP contribution >= 0.6 is 0 Å². The van der Waals surface area contributed by atoms with Crippen molar-refractivity contribution < 1.29 is 77.3 Å². The van der Waals surface area contributed by atoms with E-state index in [0.29, 0.717) is 24.0 Å². The number of phenolic OH excluding ortho intramolecular Hbond substituents is 1. The number of nitrogens with one attached hydrogen (secondary N) is 10. The molecule has 0 saturated carbocycles. The summed E-state index contributed by atoms with van der Waals surface area (Å²) in [4.78, 5) is 195. The molecule has 1 heterocycles. The summed E-state index contributed by atoms with van der Waals surface area (Å²) in [7, 11) is 0. The van der Waals surface area contributed by atoms with E-state index < -0.39 is 193 Å². The highest BCUT2D eigenvalue weighted by Crippen LogP contribution is 2.23. The highest BCUT2D eigenvalue weighted by atomic mass is 16.3. The van der Waals surface area contributed by atoms with Gasteiger partial charge in [0.2, 0.25) is 82.7 Å². The molecule has 0 spiro atoms. The Morgan fingerprint density at radius 1 is 0.529 bits per heavy atom. The van der Waals surface area contributed by atoms with Gasteiger partial charge in [-0.2, -0.15) is 0 Å². The highest BCUT2D eigenvalue weighted by Gasteiger charge is 2.42. The standard InChI is InChI=1S/C68H100N18O16/c1-7-37(4)55(84-64(99)50-21-15-31-86(50)67(102)54(36(2)3)83-59(94)44(69)32-40-16-10-8-11-17-40)65(100)82-49(33-41-18-12-9-13-19-41)63(98)85-56(39(6)87)66(101)81-48(34-42-22-24-43(88)25-23-42)60(95)76-35-53(91)78-46(26-28-51(70)89)61(96)77-38(5)58(93)80-47(27-29-52(71)90)62(97)79-45(57(72)92)20-14-30-75-68(73)74/h8-13,16-19,22-25,36-39,44-50,54-56,87-88H,7,14-15,20-21,26-35,69H2,1-6H3,(H2,70,89)(H2,71,90)(H2,72,92)(H,76,95)(H,77,96)(H,78,91)(H,79,97)(H,80,93)(H,81,101)(H,82,100)(H,83,94)(H,84,99)(H,85,98)(H4,73,74,75)/t37-,38-,39+,44-,45-,46-,47-,48-,49-,50-,54-,55-,56-/m0/s1. The molecule has 0 bridgehead atoms. The van der Waals surface area contributed by atoms with Crippen molar-refractivity contribution in [2.45, 2.75) is 191 Å². The number of aliphatic hydroxyl groups is 1. The van der Waals surface area contributed by atoms with Gasteiger partial charge in [0.05, 0.1) is 18.7 Å². The SMILES string of the molecule is CC[C@H](C)[C@H](NC(=O)[C@@H]1CCCN1C(=O)[C@@H](NC(=O)[C@@H](N)Cc1ccccc1)C(C)C)C(=O)N[C@@H](Cc1ccccc1)C(=O)N[C@H](C(=O)N[C@@H](Cc1ccc(O)cc1)C(=O)NCC(=O)N[C@@H](CCC(N)=O)C(=O)N[C@@H](C)C(=O)N[C@@H](CCC(N)=O)C(=O)N[C@@H](CCCN=C(N)N)C(N)=O)[C@@H](C)O. The zero-order valence-electron chi connectivity index (χ0n) is 58.2. The van der Waals surface area contributed by atoms with E-state index >= 15 is 0 Å². The summed E-state index contributed by atoms with van der Waals surface area (Å²) >= 11 is 0. The number of nitrogens with two attached hydrogens (primary N) is 6. The molecule has 1 aliphatic heterocycles. The lowest BCUT2D eigenvalue weighted by molar-refractivity contribution is -0.143. The molecule has 34 nitrogen and oxygen atoms in total. The number of nitrogens with zero attached hydrogens (tertiary/aromatic N) is 2. The third-order valence-electron chi connectivity index (χ3n) is 16.9. The van der Waals surface area contributed by atoms with Gasteiger partial charge in [0.15, 0.2) is 5.96 Å². The summed E-state index contributed by atoms with van der Waals surface area (Å²) in [6.45, 7) is 8.70. The Hall–Kier alpha value is -10.8. The van der Waals surface area contributed by atoms with Crippen LogP contribution in [0, 0.1) is 11.8 Å². The zero-order chi connectivity index (χ0) is 75.9. The number of amides is 14. The van der Waals surface area contributed by atoms with Gasteiger partial charge in [-0.05, 0) is 99.5 Å². The number of aliphatic imine (C=N–C) groups is 1. The molecule has 1 fully saturated rings. The predicted molar refractivity (Wildman–Crippen MR) is 373 cm³/mol. The van der Waals surface area contributed by atoms with Crippen LogP contribution in [0.3, 0.4) is 0 Å². The second-order valence-electron chi connectivity index (χ2n) is 25.5. The second-order valence-corrected chi connectivity index (χ2v) is 25.5. The number of carbonyl (C=O) groups is 14. The fourth-order valence-corrected chi connectivity index (χ4v) is 10.9. The molecule has 4 rings (SSSR count).